The zero-order valence-corrected chi connectivity index (χ0v) is 16.3. The number of hydrogen-bond acceptors (Lipinski definition) is 2. The van der Waals surface area contributed by atoms with Gasteiger partial charge in [0.1, 0.15) is 0 Å². The summed E-state index contributed by atoms with van der Waals surface area (Å²) >= 11 is 4.59. The van der Waals surface area contributed by atoms with Crippen LogP contribution in [0.4, 0.5) is 11.4 Å². The van der Waals surface area contributed by atoms with Crippen LogP contribution in [0.5, 0.6) is 0 Å². The topological polar surface area (TPSA) is 24.7 Å². The van der Waals surface area contributed by atoms with Crippen molar-refractivity contribution < 1.29 is 0 Å². The fourth-order valence-corrected chi connectivity index (χ4v) is 2.58. The van der Waals surface area contributed by atoms with Gasteiger partial charge in [0.2, 0.25) is 0 Å². The molecular formula is C17H16I2N2. The van der Waals surface area contributed by atoms with Crippen LogP contribution in [0, 0.1) is 7.14 Å². The molecule has 0 radical (unpaired) electrons. The van der Waals surface area contributed by atoms with E-state index in [1.165, 1.54) is 7.14 Å². The fraction of sp³-hybridized carbons (Fsp3) is 0.176. The molecule has 0 heterocycles. The maximum Gasteiger partial charge on any atom is 0.0634 e. The predicted octanol–water partition coefficient (Wildman–Crippen LogP) is 6.17. The summed E-state index contributed by atoms with van der Waals surface area (Å²) in [6.45, 7) is 4.13. The standard InChI is InChI=1S/C17H16I2N2/c1-3-17(21-16-10-6-14(19)7-11-16)12(2)20-15-8-4-13(18)5-9-15/h4-11H,3H2,1-2H3. The summed E-state index contributed by atoms with van der Waals surface area (Å²) in [6.07, 6.45) is 0.867. The molecule has 2 nitrogen and oxygen atoms in total. The molecule has 21 heavy (non-hydrogen) atoms. The van der Waals surface area contributed by atoms with Crippen LogP contribution in [0.25, 0.3) is 0 Å². The van der Waals surface area contributed by atoms with Gasteiger partial charge in [0.25, 0.3) is 0 Å². The zero-order valence-electron chi connectivity index (χ0n) is 12.0. The van der Waals surface area contributed by atoms with Gasteiger partial charge in [-0.3, -0.25) is 9.98 Å². The van der Waals surface area contributed by atoms with Gasteiger partial charge in [-0.15, -0.1) is 0 Å². The average Bonchev–Trinajstić information content (AvgIpc) is 2.49. The largest absolute Gasteiger partial charge is 0.252 e. The minimum atomic E-state index is 0.867. The molecule has 0 aliphatic rings. The van der Waals surface area contributed by atoms with E-state index in [1.807, 2.05) is 31.2 Å². The first-order chi connectivity index (χ1) is 10.1. The zero-order chi connectivity index (χ0) is 15.2. The van der Waals surface area contributed by atoms with Crippen molar-refractivity contribution in [2.75, 3.05) is 0 Å². The summed E-state index contributed by atoms with van der Waals surface area (Å²) in [5.41, 5.74) is 3.94. The third-order valence-electron chi connectivity index (χ3n) is 2.97. The molecule has 0 saturated carbocycles. The van der Waals surface area contributed by atoms with Crippen molar-refractivity contribution in [3.8, 4) is 0 Å². The van der Waals surface area contributed by atoms with Crippen LogP contribution in [0.1, 0.15) is 20.3 Å². The van der Waals surface area contributed by atoms with Crippen LogP contribution in [0.3, 0.4) is 0 Å². The molecule has 0 atom stereocenters. The summed E-state index contributed by atoms with van der Waals surface area (Å²) in [5, 5.41) is 0. The fourth-order valence-electron chi connectivity index (χ4n) is 1.86. The molecule has 2 aromatic rings. The molecule has 0 bridgehead atoms. The first-order valence-electron chi connectivity index (χ1n) is 6.73. The molecule has 0 aliphatic heterocycles. The van der Waals surface area contributed by atoms with Crippen molar-refractivity contribution in [1.29, 1.82) is 0 Å². The van der Waals surface area contributed by atoms with E-state index >= 15 is 0 Å². The van der Waals surface area contributed by atoms with Crippen LogP contribution >= 0.6 is 45.2 Å². The Morgan fingerprint density at radius 2 is 1.24 bits per heavy atom. The number of aliphatic imine (C=N–C) groups is 2. The molecule has 108 valence electrons. The van der Waals surface area contributed by atoms with Gasteiger partial charge in [-0.05, 0) is 107 Å². The number of halogens is 2. The molecule has 0 aromatic heterocycles. The highest BCUT2D eigenvalue weighted by Crippen LogP contribution is 2.18. The second kappa shape index (κ2) is 8.03. The highest BCUT2D eigenvalue weighted by molar-refractivity contribution is 14.1. The van der Waals surface area contributed by atoms with Gasteiger partial charge in [0.05, 0.1) is 22.8 Å². The van der Waals surface area contributed by atoms with Gasteiger partial charge in [0, 0.05) is 7.14 Å². The third kappa shape index (κ3) is 5.18. The van der Waals surface area contributed by atoms with Gasteiger partial charge < -0.3 is 0 Å². The van der Waals surface area contributed by atoms with Crippen LogP contribution < -0.4 is 0 Å². The lowest BCUT2D eigenvalue weighted by molar-refractivity contribution is 1.28. The number of rotatable bonds is 4. The summed E-state index contributed by atoms with van der Waals surface area (Å²) in [5.74, 6) is 0. The lowest BCUT2D eigenvalue weighted by atomic mass is 10.2. The van der Waals surface area contributed by atoms with E-state index in [9.17, 15) is 0 Å². The predicted molar refractivity (Wildman–Crippen MR) is 108 cm³/mol. The molecule has 0 amide bonds. The smallest absolute Gasteiger partial charge is 0.0634 e. The second-order valence-electron chi connectivity index (χ2n) is 4.56. The van der Waals surface area contributed by atoms with Gasteiger partial charge in [-0.1, -0.05) is 6.92 Å². The molecule has 0 aliphatic carbocycles. The van der Waals surface area contributed by atoms with E-state index in [1.54, 1.807) is 0 Å². The molecule has 4 heteroatoms. The Bertz CT molecular complexity index is 656. The Hall–Kier alpha value is -0.760. The Balaban J connectivity index is 2.27. The lowest BCUT2D eigenvalue weighted by Gasteiger charge is -2.04. The first-order valence-corrected chi connectivity index (χ1v) is 8.88. The summed E-state index contributed by atoms with van der Waals surface area (Å²) in [7, 11) is 0. The van der Waals surface area contributed by atoms with E-state index in [0.717, 1.165) is 29.2 Å². The molecule has 0 fully saturated rings. The monoisotopic (exact) mass is 502 g/mol. The molecule has 2 aromatic carbocycles. The van der Waals surface area contributed by atoms with Gasteiger partial charge >= 0.3 is 0 Å². The number of hydrogen-bond donors (Lipinski definition) is 0. The lowest BCUT2D eigenvalue weighted by Crippen LogP contribution is -2.08. The molecular weight excluding hydrogens is 486 g/mol. The van der Waals surface area contributed by atoms with E-state index in [-0.39, 0.29) is 0 Å². The van der Waals surface area contributed by atoms with Gasteiger partial charge in [0.15, 0.2) is 0 Å². The Morgan fingerprint density at radius 3 is 1.67 bits per heavy atom. The third-order valence-corrected chi connectivity index (χ3v) is 4.40. The Kier molecular flexibility index (Phi) is 6.35. The van der Waals surface area contributed by atoms with Crippen molar-refractivity contribution in [3.05, 3.63) is 55.7 Å². The van der Waals surface area contributed by atoms with Gasteiger partial charge in [-0.2, -0.15) is 0 Å². The number of benzene rings is 2. The average molecular weight is 502 g/mol. The van der Waals surface area contributed by atoms with E-state index in [4.69, 9.17) is 4.99 Å². The Morgan fingerprint density at radius 1 is 0.810 bits per heavy atom. The minimum absolute atomic E-state index is 0.867. The van der Waals surface area contributed by atoms with Crippen molar-refractivity contribution in [1.82, 2.24) is 0 Å². The van der Waals surface area contributed by atoms with Crippen LogP contribution in [-0.2, 0) is 0 Å². The van der Waals surface area contributed by atoms with Crippen LogP contribution in [0.15, 0.2) is 58.5 Å². The van der Waals surface area contributed by atoms with E-state index < -0.39 is 0 Å². The second-order valence-corrected chi connectivity index (χ2v) is 7.05. The van der Waals surface area contributed by atoms with E-state index in [2.05, 4.69) is 81.4 Å². The van der Waals surface area contributed by atoms with Gasteiger partial charge in [-0.25, -0.2) is 0 Å². The maximum absolute atomic E-state index is 4.71. The van der Waals surface area contributed by atoms with Crippen molar-refractivity contribution in [2.24, 2.45) is 9.98 Å². The van der Waals surface area contributed by atoms with E-state index in [0.29, 0.717) is 0 Å². The first kappa shape index (κ1) is 16.6. The SMILES string of the molecule is CCC(=Nc1ccc(I)cc1)C(C)=Nc1ccc(I)cc1. The van der Waals surface area contributed by atoms with Crippen molar-refractivity contribution in [2.45, 2.75) is 20.3 Å². The summed E-state index contributed by atoms with van der Waals surface area (Å²) in [4.78, 5) is 9.38. The summed E-state index contributed by atoms with van der Waals surface area (Å²) in [6, 6.07) is 16.4. The summed E-state index contributed by atoms with van der Waals surface area (Å²) < 4.78 is 2.43. The van der Waals surface area contributed by atoms with Crippen molar-refractivity contribution >= 4 is 68.0 Å². The van der Waals surface area contributed by atoms with Crippen LogP contribution in [0.2, 0.25) is 0 Å². The quantitative estimate of drug-likeness (QED) is 0.353. The molecule has 0 N–H and O–H groups in total. The molecule has 2 rings (SSSR count). The maximum atomic E-state index is 4.71. The normalized spacial score (nSPS) is 12.6. The number of nitrogens with zero attached hydrogens (tertiary/aromatic N) is 2. The van der Waals surface area contributed by atoms with Crippen molar-refractivity contribution in [3.63, 3.8) is 0 Å². The molecule has 0 spiro atoms. The minimum Gasteiger partial charge on any atom is -0.252 e. The molecule has 0 unspecified atom stereocenters. The Labute approximate surface area is 153 Å². The highest BCUT2D eigenvalue weighted by atomic mass is 127. The van der Waals surface area contributed by atoms with Crippen LogP contribution in [-0.4, -0.2) is 11.4 Å². The molecule has 0 saturated heterocycles. The highest BCUT2D eigenvalue weighted by Gasteiger charge is 2.03.